The highest BCUT2D eigenvalue weighted by Gasteiger charge is 2.07. The van der Waals surface area contributed by atoms with Crippen molar-refractivity contribution in [2.45, 2.75) is 12.8 Å². The van der Waals surface area contributed by atoms with Gasteiger partial charge in [0.25, 0.3) is 0 Å². The van der Waals surface area contributed by atoms with Crippen molar-refractivity contribution in [1.29, 1.82) is 10.7 Å². The van der Waals surface area contributed by atoms with Crippen molar-refractivity contribution >= 4 is 28.1 Å². The first-order chi connectivity index (χ1) is 13.6. The van der Waals surface area contributed by atoms with Crippen LogP contribution in [0.15, 0.2) is 59.7 Å². The number of hydrazone groups is 1. The number of benzene rings is 2. The molecule has 1 aromatic heterocycles. The highest BCUT2D eigenvalue weighted by Crippen LogP contribution is 2.24. The molecule has 0 saturated carbocycles. The first-order valence-corrected chi connectivity index (χ1v) is 8.71. The molecule has 0 saturated heterocycles. The monoisotopic (exact) mass is 372 g/mol. The number of hydrogen-bond acceptors (Lipinski definition) is 6. The lowest BCUT2D eigenvalue weighted by Gasteiger charge is -2.10. The number of aryl methyl sites for hydroxylation is 2. The lowest BCUT2D eigenvalue weighted by molar-refractivity contribution is 0.419. The SMILES string of the molecule is COc1cccc2ccc(CCc3ccccc3N/N=C(\C#N)C(=N)N)nc12. The first-order valence-electron chi connectivity index (χ1n) is 8.71. The van der Waals surface area contributed by atoms with Gasteiger partial charge < -0.3 is 10.5 Å². The normalized spacial score (nSPS) is 11.1. The zero-order chi connectivity index (χ0) is 19.9. The molecule has 0 radical (unpaired) electrons. The smallest absolute Gasteiger partial charge is 0.201 e. The number of para-hydroxylation sites is 2. The highest BCUT2D eigenvalue weighted by molar-refractivity contribution is 6.45. The van der Waals surface area contributed by atoms with Gasteiger partial charge in [0.1, 0.15) is 17.3 Å². The van der Waals surface area contributed by atoms with Crippen LogP contribution in [-0.2, 0) is 12.8 Å². The van der Waals surface area contributed by atoms with Gasteiger partial charge in [-0.1, -0.05) is 36.4 Å². The van der Waals surface area contributed by atoms with E-state index in [0.29, 0.717) is 0 Å². The molecule has 7 heteroatoms. The zero-order valence-corrected chi connectivity index (χ0v) is 15.4. The zero-order valence-electron chi connectivity index (χ0n) is 15.4. The van der Waals surface area contributed by atoms with Gasteiger partial charge in [0.2, 0.25) is 5.71 Å². The second-order valence-corrected chi connectivity index (χ2v) is 6.09. The van der Waals surface area contributed by atoms with E-state index in [9.17, 15) is 0 Å². The summed E-state index contributed by atoms with van der Waals surface area (Å²) in [7, 11) is 1.64. The van der Waals surface area contributed by atoms with Crippen molar-refractivity contribution in [3.05, 3.63) is 65.9 Å². The number of nitriles is 1. The Morgan fingerprint density at radius 1 is 1.18 bits per heavy atom. The maximum absolute atomic E-state index is 8.96. The number of aromatic nitrogens is 1. The lowest BCUT2D eigenvalue weighted by atomic mass is 10.1. The van der Waals surface area contributed by atoms with E-state index in [2.05, 4.69) is 10.5 Å². The van der Waals surface area contributed by atoms with Crippen molar-refractivity contribution in [2.75, 3.05) is 12.5 Å². The second kappa shape index (κ2) is 8.64. The van der Waals surface area contributed by atoms with Gasteiger partial charge in [-0.15, -0.1) is 0 Å². The molecule has 0 amide bonds. The maximum atomic E-state index is 8.96. The molecule has 0 atom stereocenters. The standard InChI is InChI=1S/C21H20N6O/c1-28-19-8-4-6-15-10-12-16(25-20(15)19)11-9-14-5-2-3-7-17(14)26-27-18(13-22)21(23)24/h2-8,10,12,26H,9,11H2,1H3,(H3,23,24)/b27-18+. The van der Waals surface area contributed by atoms with Gasteiger partial charge in [-0.2, -0.15) is 10.4 Å². The van der Waals surface area contributed by atoms with Crippen LogP contribution in [0.2, 0.25) is 0 Å². The molecule has 0 spiro atoms. The number of nitrogens with one attached hydrogen (secondary N) is 2. The Morgan fingerprint density at radius 2 is 2.00 bits per heavy atom. The summed E-state index contributed by atoms with van der Waals surface area (Å²) in [4.78, 5) is 4.74. The fourth-order valence-electron chi connectivity index (χ4n) is 2.84. The first kappa shape index (κ1) is 18.9. The van der Waals surface area contributed by atoms with Gasteiger partial charge in [-0.3, -0.25) is 10.8 Å². The van der Waals surface area contributed by atoms with E-state index in [4.69, 9.17) is 26.1 Å². The number of hydrogen-bond donors (Lipinski definition) is 3. The third-order valence-electron chi connectivity index (χ3n) is 4.28. The van der Waals surface area contributed by atoms with Gasteiger partial charge in [0.15, 0.2) is 5.84 Å². The molecular weight excluding hydrogens is 352 g/mol. The molecule has 4 N–H and O–H groups in total. The number of methoxy groups -OCH3 is 1. The van der Waals surface area contributed by atoms with Crippen LogP contribution in [0, 0.1) is 16.7 Å². The summed E-state index contributed by atoms with van der Waals surface area (Å²) in [6.45, 7) is 0. The minimum atomic E-state index is -0.373. The number of rotatable bonds is 7. The molecule has 2 aromatic carbocycles. The molecule has 0 aliphatic heterocycles. The minimum Gasteiger partial charge on any atom is -0.494 e. The fraction of sp³-hybridized carbons (Fsp3) is 0.143. The van der Waals surface area contributed by atoms with E-state index in [1.165, 1.54) is 0 Å². The maximum Gasteiger partial charge on any atom is 0.201 e. The van der Waals surface area contributed by atoms with Crippen LogP contribution < -0.4 is 15.9 Å². The summed E-state index contributed by atoms with van der Waals surface area (Å²) in [5.74, 6) is 0.380. The Morgan fingerprint density at radius 3 is 2.75 bits per heavy atom. The largest absolute Gasteiger partial charge is 0.494 e. The van der Waals surface area contributed by atoms with Crippen LogP contribution in [0.25, 0.3) is 10.9 Å². The molecule has 1 heterocycles. The third kappa shape index (κ3) is 4.24. The quantitative estimate of drug-likeness (QED) is 0.334. The van der Waals surface area contributed by atoms with E-state index in [1.54, 1.807) is 13.2 Å². The van der Waals surface area contributed by atoms with Crippen LogP contribution in [-0.4, -0.2) is 23.6 Å². The van der Waals surface area contributed by atoms with Crippen LogP contribution in [0.3, 0.4) is 0 Å². The van der Waals surface area contributed by atoms with Gasteiger partial charge in [-0.05, 0) is 36.6 Å². The summed E-state index contributed by atoms with van der Waals surface area (Å²) in [6, 6.07) is 19.4. The predicted octanol–water partition coefficient (Wildman–Crippen LogP) is 3.26. The average Bonchev–Trinajstić information content (AvgIpc) is 2.72. The summed E-state index contributed by atoms with van der Waals surface area (Å²) in [5.41, 5.74) is 11.6. The minimum absolute atomic E-state index is 0.155. The summed E-state index contributed by atoms with van der Waals surface area (Å²) < 4.78 is 5.41. The van der Waals surface area contributed by atoms with Crippen LogP contribution in [0.5, 0.6) is 5.75 Å². The second-order valence-electron chi connectivity index (χ2n) is 6.09. The predicted molar refractivity (Wildman–Crippen MR) is 111 cm³/mol. The van der Waals surface area contributed by atoms with Crippen molar-refractivity contribution in [3.8, 4) is 11.8 Å². The number of nitrogens with two attached hydrogens (primary N) is 1. The molecule has 0 bridgehead atoms. The van der Waals surface area contributed by atoms with Gasteiger partial charge in [-0.25, -0.2) is 4.98 Å². The summed E-state index contributed by atoms with van der Waals surface area (Å²) in [6.07, 6.45) is 1.46. The Bertz CT molecular complexity index is 1080. The number of pyridine rings is 1. The van der Waals surface area contributed by atoms with Crippen LogP contribution >= 0.6 is 0 Å². The molecule has 140 valence electrons. The Kier molecular flexibility index (Phi) is 5.82. The van der Waals surface area contributed by atoms with E-state index in [-0.39, 0.29) is 11.5 Å². The molecule has 0 unspecified atom stereocenters. The molecule has 0 aliphatic carbocycles. The lowest BCUT2D eigenvalue weighted by Crippen LogP contribution is -2.22. The molecule has 0 fully saturated rings. The molecule has 3 aromatic rings. The average molecular weight is 372 g/mol. The van der Waals surface area contributed by atoms with Gasteiger partial charge in [0, 0.05) is 11.1 Å². The van der Waals surface area contributed by atoms with Gasteiger partial charge in [0.05, 0.1) is 12.8 Å². The molecule has 0 aliphatic rings. The van der Waals surface area contributed by atoms with E-state index in [0.717, 1.165) is 46.4 Å². The fourth-order valence-corrected chi connectivity index (χ4v) is 2.84. The van der Waals surface area contributed by atoms with Crippen LogP contribution in [0.1, 0.15) is 11.3 Å². The van der Waals surface area contributed by atoms with E-state index >= 15 is 0 Å². The highest BCUT2D eigenvalue weighted by atomic mass is 16.5. The van der Waals surface area contributed by atoms with Crippen molar-refractivity contribution in [2.24, 2.45) is 10.8 Å². The number of amidine groups is 1. The number of anilines is 1. The van der Waals surface area contributed by atoms with E-state index in [1.807, 2.05) is 54.6 Å². The Balaban J connectivity index is 1.79. The molecule has 3 rings (SSSR count). The van der Waals surface area contributed by atoms with Gasteiger partial charge >= 0.3 is 0 Å². The Labute approximate surface area is 163 Å². The van der Waals surface area contributed by atoms with Crippen molar-refractivity contribution < 1.29 is 4.74 Å². The third-order valence-corrected chi connectivity index (χ3v) is 4.28. The van der Waals surface area contributed by atoms with Crippen molar-refractivity contribution in [1.82, 2.24) is 4.98 Å². The number of ether oxygens (including phenoxy) is 1. The summed E-state index contributed by atoms with van der Waals surface area (Å²) in [5, 5.41) is 21.2. The van der Waals surface area contributed by atoms with Crippen LogP contribution in [0.4, 0.5) is 5.69 Å². The number of fused-ring (bicyclic) bond motifs is 1. The molecular formula is C21H20N6O. The van der Waals surface area contributed by atoms with E-state index < -0.39 is 0 Å². The topological polar surface area (TPSA) is 120 Å². The molecule has 28 heavy (non-hydrogen) atoms. The molecule has 7 nitrogen and oxygen atoms in total. The van der Waals surface area contributed by atoms with Crippen molar-refractivity contribution in [3.63, 3.8) is 0 Å². The number of nitrogens with zero attached hydrogens (tertiary/aromatic N) is 3. The Hall–Kier alpha value is -3.92. The summed E-state index contributed by atoms with van der Waals surface area (Å²) >= 11 is 0.